The van der Waals surface area contributed by atoms with Crippen LogP contribution in [-0.2, 0) is 18.1 Å². The summed E-state index contributed by atoms with van der Waals surface area (Å²) < 4.78 is 12.7. The molecule has 1 heterocycles. The van der Waals surface area contributed by atoms with Crippen LogP contribution >= 0.6 is 11.6 Å². The first-order chi connectivity index (χ1) is 13.5. The van der Waals surface area contributed by atoms with Crippen molar-refractivity contribution in [1.29, 1.82) is 0 Å². The molecule has 0 aliphatic heterocycles. The molecule has 0 fully saturated rings. The van der Waals surface area contributed by atoms with Crippen molar-refractivity contribution in [2.24, 2.45) is 0 Å². The molecule has 1 aromatic heterocycles. The number of rotatable bonds is 8. The fraction of sp³-hybridized carbons (Fsp3) is 0.238. The van der Waals surface area contributed by atoms with Crippen LogP contribution in [0.15, 0.2) is 54.9 Å². The number of hydrogen-bond acceptors (Lipinski definition) is 4. The highest BCUT2D eigenvalue weighted by atomic mass is 35.5. The normalized spacial score (nSPS) is 10.7. The second-order valence-electron chi connectivity index (χ2n) is 6.26. The lowest BCUT2D eigenvalue weighted by atomic mass is 10.1. The van der Waals surface area contributed by atoms with Gasteiger partial charge >= 0.3 is 0 Å². The van der Waals surface area contributed by atoms with E-state index in [0.717, 1.165) is 11.1 Å². The van der Waals surface area contributed by atoms with E-state index in [1.54, 1.807) is 29.2 Å². The molecule has 0 saturated carbocycles. The Bertz CT molecular complexity index is 938. The zero-order chi connectivity index (χ0) is 19.9. The molecule has 0 radical (unpaired) electrons. The molecule has 0 aliphatic carbocycles. The maximum atomic E-state index is 12.4. The Hall–Kier alpha value is -2.83. The number of nitrogens with zero attached hydrogens (tertiary/aromatic N) is 2. The summed E-state index contributed by atoms with van der Waals surface area (Å²) >= 11 is 6.14. The molecule has 3 aromatic rings. The average molecular weight is 400 g/mol. The molecule has 0 unspecified atom stereocenters. The van der Waals surface area contributed by atoms with Gasteiger partial charge in [-0.2, -0.15) is 5.10 Å². The molecule has 6 nitrogen and oxygen atoms in total. The van der Waals surface area contributed by atoms with Crippen LogP contribution in [0.4, 0.5) is 5.69 Å². The maximum Gasteiger partial charge on any atom is 0.255 e. The molecule has 0 spiro atoms. The molecule has 2 aromatic carbocycles. The zero-order valence-corrected chi connectivity index (χ0v) is 16.6. The molecule has 28 heavy (non-hydrogen) atoms. The van der Waals surface area contributed by atoms with Gasteiger partial charge in [-0.15, -0.1) is 0 Å². The van der Waals surface area contributed by atoms with Crippen LogP contribution in [-0.4, -0.2) is 22.3 Å². The molecule has 0 atom stereocenters. The van der Waals surface area contributed by atoms with Crippen LogP contribution in [0.25, 0.3) is 0 Å². The third-order valence-electron chi connectivity index (χ3n) is 4.02. The van der Waals surface area contributed by atoms with Gasteiger partial charge in [-0.3, -0.25) is 4.79 Å². The lowest BCUT2D eigenvalue weighted by Gasteiger charge is -2.09. The molecule has 7 heteroatoms. The number of aryl methyl sites for hydroxylation is 1. The first-order valence-electron chi connectivity index (χ1n) is 8.94. The van der Waals surface area contributed by atoms with Crippen molar-refractivity contribution >= 4 is 23.2 Å². The fourth-order valence-corrected chi connectivity index (χ4v) is 2.69. The summed E-state index contributed by atoms with van der Waals surface area (Å²) in [7, 11) is 0. The molecule has 0 saturated heterocycles. The van der Waals surface area contributed by atoms with E-state index in [1.807, 2.05) is 44.2 Å². The summed E-state index contributed by atoms with van der Waals surface area (Å²) in [6.45, 7) is 5.22. The van der Waals surface area contributed by atoms with Crippen molar-refractivity contribution in [3.05, 3.63) is 76.6 Å². The summed E-state index contributed by atoms with van der Waals surface area (Å²) in [6, 6.07) is 12.9. The van der Waals surface area contributed by atoms with Crippen LogP contribution < -0.4 is 10.1 Å². The predicted octanol–water partition coefficient (Wildman–Crippen LogP) is 4.67. The minimum Gasteiger partial charge on any atom is -0.487 e. The predicted molar refractivity (Wildman–Crippen MR) is 109 cm³/mol. The van der Waals surface area contributed by atoms with Crippen LogP contribution in [0.3, 0.4) is 0 Å². The molecular weight excluding hydrogens is 378 g/mol. The Labute approximate surface area is 169 Å². The highest BCUT2D eigenvalue weighted by molar-refractivity contribution is 6.32. The quantitative estimate of drug-likeness (QED) is 0.597. The molecule has 0 bridgehead atoms. The SMILES string of the molecule is CCOCn1cc(NC(=O)c2ccc(COc3cc(C)ccc3Cl)cc2)cn1. The number of ether oxygens (including phenoxy) is 2. The number of aromatic nitrogens is 2. The topological polar surface area (TPSA) is 65.4 Å². The van der Waals surface area contributed by atoms with Crippen molar-refractivity contribution in [3.8, 4) is 5.75 Å². The van der Waals surface area contributed by atoms with E-state index in [9.17, 15) is 4.79 Å². The Balaban J connectivity index is 1.56. The molecule has 1 amide bonds. The number of hydrogen-bond donors (Lipinski definition) is 1. The number of nitrogens with one attached hydrogen (secondary N) is 1. The van der Waals surface area contributed by atoms with Crippen molar-refractivity contribution < 1.29 is 14.3 Å². The molecule has 0 aliphatic rings. The van der Waals surface area contributed by atoms with E-state index in [-0.39, 0.29) is 5.91 Å². The standard InChI is InChI=1S/C21H22ClN3O3/c1-3-27-14-25-12-18(11-23-25)24-21(26)17-7-5-16(6-8-17)13-28-20-10-15(2)4-9-19(20)22/h4-12H,3,13-14H2,1-2H3,(H,24,26). The second-order valence-corrected chi connectivity index (χ2v) is 6.67. The minimum absolute atomic E-state index is 0.204. The number of benzene rings is 2. The van der Waals surface area contributed by atoms with Gasteiger partial charge in [0.25, 0.3) is 5.91 Å². The van der Waals surface area contributed by atoms with Crippen molar-refractivity contribution in [3.63, 3.8) is 0 Å². The zero-order valence-electron chi connectivity index (χ0n) is 15.8. The Morgan fingerprint density at radius 2 is 2.00 bits per heavy atom. The van der Waals surface area contributed by atoms with Gasteiger partial charge < -0.3 is 14.8 Å². The first-order valence-corrected chi connectivity index (χ1v) is 9.32. The smallest absolute Gasteiger partial charge is 0.255 e. The van der Waals surface area contributed by atoms with Gasteiger partial charge in [0.1, 0.15) is 19.1 Å². The number of carbonyl (C=O) groups is 1. The highest BCUT2D eigenvalue weighted by Crippen LogP contribution is 2.26. The molecule has 1 N–H and O–H groups in total. The summed E-state index contributed by atoms with van der Waals surface area (Å²) in [5.41, 5.74) is 3.19. The van der Waals surface area contributed by atoms with Gasteiger partial charge in [-0.25, -0.2) is 4.68 Å². The summed E-state index contributed by atoms with van der Waals surface area (Å²) in [6.07, 6.45) is 3.31. The third kappa shape index (κ3) is 5.34. The number of amides is 1. The summed E-state index contributed by atoms with van der Waals surface area (Å²) in [5.74, 6) is 0.442. The Morgan fingerprint density at radius 3 is 2.75 bits per heavy atom. The van der Waals surface area contributed by atoms with E-state index < -0.39 is 0 Å². The van der Waals surface area contributed by atoms with Gasteiger partial charge in [0.2, 0.25) is 0 Å². The first kappa shape index (κ1) is 19.9. The van der Waals surface area contributed by atoms with Crippen molar-refractivity contribution in [2.75, 3.05) is 11.9 Å². The fourth-order valence-electron chi connectivity index (χ4n) is 2.52. The van der Waals surface area contributed by atoms with E-state index in [1.165, 1.54) is 0 Å². The van der Waals surface area contributed by atoms with Crippen LogP contribution in [0.5, 0.6) is 5.75 Å². The van der Waals surface area contributed by atoms with Crippen molar-refractivity contribution in [2.45, 2.75) is 27.2 Å². The van der Waals surface area contributed by atoms with Gasteiger partial charge in [0.05, 0.1) is 23.1 Å². The number of carbonyl (C=O) groups excluding carboxylic acids is 1. The second kappa shape index (κ2) is 9.39. The van der Waals surface area contributed by atoms with E-state index in [4.69, 9.17) is 21.1 Å². The maximum absolute atomic E-state index is 12.4. The Morgan fingerprint density at radius 1 is 1.21 bits per heavy atom. The van der Waals surface area contributed by atoms with Crippen LogP contribution in [0.1, 0.15) is 28.4 Å². The monoisotopic (exact) mass is 399 g/mol. The van der Waals surface area contributed by atoms with E-state index in [2.05, 4.69) is 10.4 Å². The van der Waals surface area contributed by atoms with Crippen molar-refractivity contribution in [1.82, 2.24) is 9.78 Å². The van der Waals surface area contributed by atoms with E-state index >= 15 is 0 Å². The highest BCUT2D eigenvalue weighted by Gasteiger charge is 2.08. The average Bonchev–Trinajstić information content (AvgIpc) is 3.14. The van der Waals surface area contributed by atoms with E-state index in [0.29, 0.717) is 42.0 Å². The number of halogens is 1. The Kier molecular flexibility index (Phi) is 6.68. The molecule has 3 rings (SSSR count). The van der Waals surface area contributed by atoms with Gasteiger partial charge in [0, 0.05) is 12.2 Å². The summed E-state index contributed by atoms with van der Waals surface area (Å²) in [4.78, 5) is 12.4. The van der Waals surface area contributed by atoms with Crippen LogP contribution in [0, 0.1) is 6.92 Å². The van der Waals surface area contributed by atoms with Gasteiger partial charge in [-0.05, 0) is 49.2 Å². The lowest BCUT2D eigenvalue weighted by molar-refractivity contribution is 0.0792. The third-order valence-corrected chi connectivity index (χ3v) is 4.33. The largest absolute Gasteiger partial charge is 0.487 e. The number of anilines is 1. The van der Waals surface area contributed by atoms with Gasteiger partial charge in [-0.1, -0.05) is 29.8 Å². The summed E-state index contributed by atoms with van der Waals surface area (Å²) in [5, 5.41) is 7.53. The minimum atomic E-state index is -0.204. The lowest BCUT2D eigenvalue weighted by Crippen LogP contribution is -2.11. The van der Waals surface area contributed by atoms with Gasteiger partial charge in [0.15, 0.2) is 0 Å². The molecular formula is C21H22ClN3O3. The molecule has 146 valence electrons. The van der Waals surface area contributed by atoms with Crippen LogP contribution in [0.2, 0.25) is 5.02 Å².